The van der Waals surface area contributed by atoms with Gasteiger partial charge < -0.3 is 4.74 Å². The number of fused-ring (bicyclic) bond motifs is 1. The molecule has 1 saturated carbocycles. The molecule has 0 radical (unpaired) electrons. The van der Waals surface area contributed by atoms with E-state index < -0.39 is 69.0 Å². The molecule has 4 aromatic carbocycles. The zero-order chi connectivity index (χ0) is 31.1. The SMILES string of the molecule is Fc1cc(C2CCCCC2)ccc1-c1cc(F)c(C(F)(F)Oc2ccc3c(F)c(C#CC(F)(F)F)c(F)cc3c2)c(F)c1. The lowest BCUT2D eigenvalue weighted by Gasteiger charge is -2.22. The third-order valence-electron chi connectivity index (χ3n) is 7.29. The van der Waals surface area contributed by atoms with E-state index in [1.54, 1.807) is 6.07 Å². The summed E-state index contributed by atoms with van der Waals surface area (Å²) in [5.41, 5.74) is -2.73. The molecule has 0 atom stereocenters. The van der Waals surface area contributed by atoms with E-state index in [4.69, 9.17) is 0 Å². The van der Waals surface area contributed by atoms with Gasteiger partial charge in [0.1, 0.15) is 40.4 Å². The third kappa shape index (κ3) is 6.43. The Labute approximate surface area is 239 Å². The Morgan fingerprint density at radius 1 is 0.698 bits per heavy atom. The predicted molar refractivity (Wildman–Crippen MR) is 139 cm³/mol. The first-order valence-electron chi connectivity index (χ1n) is 13.1. The van der Waals surface area contributed by atoms with Crippen molar-refractivity contribution < 1.29 is 48.6 Å². The molecule has 0 unspecified atom stereocenters. The molecule has 1 fully saturated rings. The standard InChI is InChI=1S/C32H20F10O/c33-25-13-18(17-4-2-1-3-5-17)6-8-22(25)20-15-27(35)29(28(36)16-20)32(41,42)43-21-7-9-23-19(12-21)14-26(34)24(30(23)37)10-11-31(38,39)40/h6-9,12-17H,1-5H2. The molecule has 0 heterocycles. The summed E-state index contributed by atoms with van der Waals surface area (Å²) in [5.74, 6) is -5.71. The van der Waals surface area contributed by atoms with Gasteiger partial charge in [-0.3, -0.25) is 0 Å². The minimum atomic E-state index is -5.02. The molecule has 4 aromatic rings. The number of ether oxygens (including phenoxy) is 1. The van der Waals surface area contributed by atoms with E-state index in [1.807, 2.05) is 0 Å². The Hall–Kier alpha value is -4.20. The van der Waals surface area contributed by atoms with Crippen molar-refractivity contribution in [2.45, 2.75) is 50.3 Å². The van der Waals surface area contributed by atoms with Gasteiger partial charge in [0.05, 0.1) is 5.56 Å². The Kier molecular flexibility index (Phi) is 8.07. The normalized spacial score (nSPS) is 14.5. The van der Waals surface area contributed by atoms with E-state index in [2.05, 4.69) is 4.74 Å². The first kappa shape index (κ1) is 30.3. The van der Waals surface area contributed by atoms with Gasteiger partial charge in [-0.2, -0.15) is 22.0 Å². The quantitative estimate of drug-likeness (QED) is 0.161. The fraction of sp³-hybridized carbons (Fsp3) is 0.250. The van der Waals surface area contributed by atoms with Gasteiger partial charge in [-0.1, -0.05) is 37.3 Å². The van der Waals surface area contributed by atoms with Crippen molar-refractivity contribution in [1.29, 1.82) is 0 Å². The summed E-state index contributed by atoms with van der Waals surface area (Å²) in [6.07, 6.45) is -4.76. The van der Waals surface area contributed by atoms with Gasteiger partial charge in [-0.15, -0.1) is 0 Å². The van der Waals surface area contributed by atoms with Crippen LogP contribution in [-0.2, 0) is 6.11 Å². The maximum absolute atomic E-state index is 15.0. The molecule has 0 aliphatic heterocycles. The summed E-state index contributed by atoms with van der Waals surface area (Å²) in [4.78, 5) is 0. The molecule has 5 rings (SSSR count). The maximum Gasteiger partial charge on any atom is 0.458 e. The smallest absolute Gasteiger partial charge is 0.429 e. The van der Waals surface area contributed by atoms with Crippen molar-refractivity contribution in [2.24, 2.45) is 0 Å². The molecule has 0 spiro atoms. The topological polar surface area (TPSA) is 9.23 Å². The minimum absolute atomic E-state index is 0.164. The summed E-state index contributed by atoms with van der Waals surface area (Å²) in [7, 11) is 0. The Morgan fingerprint density at radius 3 is 2.00 bits per heavy atom. The van der Waals surface area contributed by atoms with Crippen molar-refractivity contribution in [3.8, 4) is 28.7 Å². The van der Waals surface area contributed by atoms with Crippen LogP contribution in [0.15, 0.2) is 54.6 Å². The molecule has 0 N–H and O–H groups in total. The van der Waals surface area contributed by atoms with Gasteiger partial charge in [0, 0.05) is 16.9 Å². The van der Waals surface area contributed by atoms with Crippen LogP contribution in [0.2, 0.25) is 0 Å². The maximum atomic E-state index is 15.0. The molecule has 0 bridgehead atoms. The van der Waals surface area contributed by atoms with Gasteiger partial charge in [-0.05, 0) is 77.7 Å². The fourth-order valence-corrected chi connectivity index (χ4v) is 5.28. The Bertz CT molecular complexity index is 1740. The monoisotopic (exact) mass is 610 g/mol. The largest absolute Gasteiger partial charge is 0.458 e. The van der Waals surface area contributed by atoms with Crippen LogP contribution in [0.1, 0.15) is 54.7 Å². The first-order chi connectivity index (χ1) is 20.2. The van der Waals surface area contributed by atoms with Gasteiger partial charge >= 0.3 is 12.3 Å². The van der Waals surface area contributed by atoms with E-state index in [9.17, 15) is 35.1 Å². The van der Waals surface area contributed by atoms with Crippen LogP contribution >= 0.6 is 0 Å². The van der Waals surface area contributed by atoms with Crippen molar-refractivity contribution in [3.05, 3.63) is 100 Å². The molecule has 224 valence electrons. The average Bonchev–Trinajstić information content (AvgIpc) is 2.91. The third-order valence-corrected chi connectivity index (χ3v) is 7.29. The number of hydrogen-bond acceptors (Lipinski definition) is 1. The molecule has 1 nitrogen and oxygen atoms in total. The number of benzene rings is 4. The molecule has 1 aliphatic rings. The van der Waals surface area contributed by atoms with E-state index in [0.29, 0.717) is 24.3 Å². The highest BCUT2D eigenvalue weighted by molar-refractivity contribution is 5.86. The molecule has 0 amide bonds. The van der Waals surface area contributed by atoms with E-state index >= 15 is 8.78 Å². The van der Waals surface area contributed by atoms with Crippen molar-refractivity contribution in [2.75, 3.05) is 0 Å². The number of hydrogen-bond donors (Lipinski definition) is 0. The lowest BCUT2D eigenvalue weighted by atomic mass is 9.83. The summed E-state index contributed by atoms with van der Waals surface area (Å²) < 4.78 is 145. The second-order valence-corrected chi connectivity index (χ2v) is 10.2. The molecule has 1 aliphatic carbocycles. The van der Waals surface area contributed by atoms with Gasteiger partial charge in [0.15, 0.2) is 0 Å². The van der Waals surface area contributed by atoms with Crippen LogP contribution < -0.4 is 4.74 Å². The van der Waals surface area contributed by atoms with Crippen LogP contribution in [0.25, 0.3) is 21.9 Å². The zero-order valence-corrected chi connectivity index (χ0v) is 22.0. The van der Waals surface area contributed by atoms with Crippen LogP contribution in [0.4, 0.5) is 43.9 Å². The number of halogens is 10. The minimum Gasteiger partial charge on any atom is -0.429 e. The first-order valence-corrected chi connectivity index (χ1v) is 13.1. The second kappa shape index (κ2) is 11.5. The van der Waals surface area contributed by atoms with E-state index in [0.717, 1.165) is 55.7 Å². The fourth-order valence-electron chi connectivity index (χ4n) is 5.28. The van der Waals surface area contributed by atoms with Gasteiger partial charge in [0.2, 0.25) is 0 Å². The summed E-state index contributed by atoms with van der Waals surface area (Å²) in [6, 6.07) is 8.19. The van der Waals surface area contributed by atoms with Crippen LogP contribution in [0, 0.1) is 40.9 Å². The molecule has 0 aromatic heterocycles. The molecule has 43 heavy (non-hydrogen) atoms. The highest BCUT2D eigenvalue weighted by atomic mass is 19.4. The summed E-state index contributed by atoms with van der Waals surface area (Å²) >= 11 is 0. The Morgan fingerprint density at radius 2 is 1.37 bits per heavy atom. The molecule has 0 saturated heterocycles. The average molecular weight is 610 g/mol. The highest BCUT2D eigenvalue weighted by Crippen LogP contribution is 2.40. The van der Waals surface area contributed by atoms with Gasteiger partial charge in [0.25, 0.3) is 0 Å². The van der Waals surface area contributed by atoms with E-state index in [-0.39, 0.29) is 17.0 Å². The summed E-state index contributed by atoms with van der Waals surface area (Å²) in [6.45, 7) is 0. The molecular weight excluding hydrogens is 590 g/mol. The van der Waals surface area contributed by atoms with E-state index in [1.165, 1.54) is 18.1 Å². The van der Waals surface area contributed by atoms with Crippen LogP contribution in [0.3, 0.4) is 0 Å². The number of alkyl halides is 5. The lowest BCUT2D eigenvalue weighted by molar-refractivity contribution is -0.189. The second-order valence-electron chi connectivity index (χ2n) is 10.2. The number of rotatable bonds is 5. The van der Waals surface area contributed by atoms with Crippen LogP contribution in [0.5, 0.6) is 5.75 Å². The van der Waals surface area contributed by atoms with Crippen molar-refractivity contribution in [1.82, 2.24) is 0 Å². The summed E-state index contributed by atoms with van der Waals surface area (Å²) in [5, 5.41) is -0.869. The highest BCUT2D eigenvalue weighted by Gasteiger charge is 2.41. The Balaban J connectivity index is 1.43. The molecule has 11 heteroatoms. The van der Waals surface area contributed by atoms with Crippen molar-refractivity contribution in [3.63, 3.8) is 0 Å². The predicted octanol–water partition coefficient (Wildman–Crippen LogP) is 10.3. The van der Waals surface area contributed by atoms with Crippen LogP contribution in [-0.4, -0.2) is 6.18 Å². The lowest BCUT2D eigenvalue weighted by Crippen LogP contribution is -2.25. The zero-order valence-electron chi connectivity index (χ0n) is 22.0. The van der Waals surface area contributed by atoms with Gasteiger partial charge in [-0.25, -0.2) is 22.0 Å². The van der Waals surface area contributed by atoms with Crippen molar-refractivity contribution >= 4 is 10.8 Å². The molecular formula is C32H20F10O.